The number of hydrogen-bond acceptors (Lipinski definition) is 3. The highest BCUT2D eigenvalue weighted by atomic mass is 16.5. The summed E-state index contributed by atoms with van der Waals surface area (Å²) in [7, 11) is 1.62. The zero-order valence-electron chi connectivity index (χ0n) is 10.2. The predicted molar refractivity (Wildman–Crippen MR) is 67.7 cm³/mol. The smallest absolute Gasteiger partial charge is 0.266 e. The second-order valence-electron chi connectivity index (χ2n) is 4.55. The lowest BCUT2D eigenvalue weighted by Gasteiger charge is -2.12. The molecule has 0 N–H and O–H groups in total. The Balaban J connectivity index is 1.76. The van der Waals surface area contributed by atoms with Crippen LogP contribution in [-0.2, 0) is 19.9 Å². The van der Waals surface area contributed by atoms with Crippen molar-refractivity contribution in [1.29, 1.82) is 0 Å². The van der Waals surface area contributed by atoms with Gasteiger partial charge < -0.3 is 4.74 Å². The summed E-state index contributed by atoms with van der Waals surface area (Å²) in [5.74, 6) is 0.509. The van der Waals surface area contributed by atoms with Gasteiger partial charge in [0.2, 0.25) is 5.88 Å². The van der Waals surface area contributed by atoms with Crippen molar-refractivity contribution in [2.75, 3.05) is 0 Å². The third kappa shape index (κ3) is 2.01. The third-order valence-electron chi connectivity index (χ3n) is 3.24. The van der Waals surface area contributed by atoms with Crippen molar-refractivity contribution in [2.24, 2.45) is 7.05 Å². The lowest BCUT2D eigenvalue weighted by molar-refractivity contribution is 0.200. The molecule has 0 fully saturated rings. The fourth-order valence-corrected chi connectivity index (χ4v) is 2.32. The Morgan fingerprint density at radius 1 is 1.17 bits per heavy atom. The summed E-state index contributed by atoms with van der Waals surface area (Å²) in [6.45, 7) is 0. The highest BCUT2D eigenvalue weighted by Crippen LogP contribution is 2.24. The van der Waals surface area contributed by atoms with Gasteiger partial charge in [-0.25, -0.2) is 4.68 Å². The van der Waals surface area contributed by atoms with Crippen LogP contribution in [0.3, 0.4) is 0 Å². The molecule has 0 saturated heterocycles. The predicted octanol–water partition coefficient (Wildman–Crippen LogP) is 1.33. The van der Waals surface area contributed by atoms with Crippen molar-refractivity contribution in [2.45, 2.75) is 18.9 Å². The first-order chi connectivity index (χ1) is 8.72. The maximum Gasteiger partial charge on any atom is 0.266 e. The minimum Gasteiger partial charge on any atom is -0.473 e. The number of rotatable bonds is 2. The van der Waals surface area contributed by atoms with E-state index in [1.165, 1.54) is 21.9 Å². The molecule has 92 valence electrons. The van der Waals surface area contributed by atoms with Gasteiger partial charge in [-0.15, -0.1) is 5.10 Å². The normalized spacial score (nSPS) is 14.5. The zero-order chi connectivity index (χ0) is 12.5. The van der Waals surface area contributed by atoms with Crippen LogP contribution >= 0.6 is 0 Å². The molecule has 4 heteroatoms. The monoisotopic (exact) mass is 242 g/mol. The minimum absolute atomic E-state index is 0.118. The van der Waals surface area contributed by atoms with Gasteiger partial charge in [-0.1, -0.05) is 24.3 Å². The molecule has 0 radical (unpaired) electrons. The molecule has 0 spiro atoms. The molecule has 0 atom stereocenters. The van der Waals surface area contributed by atoms with E-state index in [2.05, 4.69) is 17.2 Å². The Bertz CT molecular complexity index is 609. The van der Waals surface area contributed by atoms with Gasteiger partial charge in [-0.2, -0.15) is 0 Å². The van der Waals surface area contributed by atoms with Crippen molar-refractivity contribution >= 4 is 0 Å². The molecule has 1 heterocycles. The highest BCUT2D eigenvalue weighted by Gasteiger charge is 2.22. The van der Waals surface area contributed by atoms with Crippen molar-refractivity contribution in [1.82, 2.24) is 9.78 Å². The lowest BCUT2D eigenvalue weighted by Crippen LogP contribution is -2.22. The summed E-state index contributed by atoms with van der Waals surface area (Å²) in [4.78, 5) is 11.2. The van der Waals surface area contributed by atoms with E-state index in [4.69, 9.17) is 4.74 Å². The molecule has 4 nitrogen and oxygen atoms in total. The maximum absolute atomic E-state index is 11.2. The summed E-state index contributed by atoms with van der Waals surface area (Å²) in [6, 6.07) is 11.5. The molecule has 1 aromatic heterocycles. The van der Waals surface area contributed by atoms with E-state index in [0.717, 1.165) is 12.8 Å². The van der Waals surface area contributed by atoms with Gasteiger partial charge in [0, 0.05) is 32.0 Å². The summed E-state index contributed by atoms with van der Waals surface area (Å²) in [5, 5.41) is 4.08. The molecule has 1 aliphatic rings. The van der Waals surface area contributed by atoms with Gasteiger partial charge in [0.1, 0.15) is 6.10 Å². The highest BCUT2D eigenvalue weighted by molar-refractivity contribution is 5.33. The number of fused-ring (bicyclic) bond motifs is 1. The maximum atomic E-state index is 11.2. The standard InChI is InChI=1S/C14H14N2O2/c1-16-14(17)7-6-13(15-16)18-12-8-10-4-2-3-5-11(10)9-12/h2-7,12H,8-9H2,1H3. The van der Waals surface area contributed by atoms with Gasteiger partial charge in [0.15, 0.2) is 0 Å². The van der Waals surface area contributed by atoms with Crippen molar-refractivity contribution in [3.05, 3.63) is 57.9 Å². The molecular formula is C14H14N2O2. The van der Waals surface area contributed by atoms with Gasteiger partial charge in [-0.05, 0) is 11.1 Å². The average molecular weight is 242 g/mol. The molecule has 0 bridgehead atoms. The van der Waals surface area contributed by atoms with Crippen molar-refractivity contribution < 1.29 is 4.74 Å². The van der Waals surface area contributed by atoms with Gasteiger partial charge in [-0.3, -0.25) is 4.79 Å². The Kier molecular flexibility index (Phi) is 2.63. The summed E-state index contributed by atoms with van der Waals surface area (Å²) in [5.41, 5.74) is 2.55. The second kappa shape index (κ2) is 4.29. The first kappa shape index (κ1) is 11.0. The molecule has 2 aromatic rings. The Labute approximate surface area is 105 Å². The van der Waals surface area contributed by atoms with Crippen LogP contribution in [0, 0.1) is 0 Å². The topological polar surface area (TPSA) is 44.1 Å². The number of benzene rings is 1. The Morgan fingerprint density at radius 2 is 1.83 bits per heavy atom. The van der Waals surface area contributed by atoms with E-state index in [1.54, 1.807) is 13.1 Å². The molecule has 1 aromatic carbocycles. The SMILES string of the molecule is Cn1nc(OC2Cc3ccccc3C2)ccc1=O. The fraction of sp³-hybridized carbons (Fsp3) is 0.286. The second-order valence-corrected chi connectivity index (χ2v) is 4.55. The van der Waals surface area contributed by atoms with E-state index in [-0.39, 0.29) is 11.7 Å². The fourth-order valence-electron chi connectivity index (χ4n) is 2.32. The molecule has 0 aliphatic heterocycles. The van der Waals surface area contributed by atoms with E-state index in [0.29, 0.717) is 5.88 Å². The first-order valence-electron chi connectivity index (χ1n) is 6.00. The van der Waals surface area contributed by atoms with Gasteiger partial charge in [0.05, 0.1) is 0 Å². The lowest BCUT2D eigenvalue weighted by atomic mass is 10.1. The molecule has 3 rings (SSSR count). The van der Waals surface area contributed by atoms with Gasteiger partial charge >= 0.3 is 0 Å². The van der Waals surface area contributed by atoms with E-state index < -0.39 is 0 Å². The van der Waals surface area contributed by atoms with Crippen LogP contribution in [0.5, 0.6) is 5.88 Å². The Hall–Kier alpha value is -2.10. The number of aromatic nitrogens is 2. The number of ether oxygens (including phenoxy) is 1. The van der Waals surface area contributed by atoms with Crippen LogP contribution in [0.25, 0.3) is 0 Å². The Morgan fingerprint density at radius 3 is 2.44 bits per heavy atom. The number of nitrogens with zero attached hydrogens (tertiary/aromatic N) is 2. The van der Waals surface area contributed by atoms with E-state index >= 15 is 0 Å². The third-order valence-corrected chi connectivity index (χ3v) is 3.24. The van der Waals surface area contributed by atoms with Crippen molar-refractivity contribution in [3.63, 3.8) is 0 Å². The van der Waals surface area contributed by atoms with Crippen LogP contribution in [0.4, 0.5) is 0 Å². The minimum atomic E-state index is -0.128. The summed E-state index contributed by atoms with van der Waals surface area (Å²) in [6.07, 6.45) is 1.92. The zero-order valence-corrected chi connectivity index (χ0v) is 10.2. The largest absolute Gasteiger partial charge is 0.473 e. The molecule has 18 heavy (non-hydrogen) atoms. The molecule has 0 amide bonds. The van der Waals surface area contributed by atoms with Crippen LogP contribution in [-0.4, -0.2) is 15.9 Å². The summed E-state index contributed by atoms with van der Waals surface area (Å²) >= 11 is 0. The number of aryl methyl sites for hydroxylation is 1. The average Bonchev–Trinajstić information content (AvgIpc) is 2.76. The summed E-state index contributed by atoms with van der Waals surface area (Å²) < 4.78 is 7.11. The first-order valence-corrected chi connectivity index (χ1v) is 6.00. The quantitative estimate of drug-likeness (QED) is 0.798. The molecule has 0 saturated carbocycles. The van der Waals surface area contributed by atoms with Gasteiger partial charge in [0.25, 0.3) is 5.56 Å². The van der Waals surface area contributed by atoms with E-state index in [9.17, 15) is 4.79 Å². The van der Waals surface area contributed by atoms with Crippen LogP contribution in [0.1, 0.15) is 11.1 Å². The molecule has 1 aliphatic carbocycles. The molecule has 0 unspecified atom stereocenters. The number of hydrogen-bond donors (Lipinski definition) is 0. The van der Waals surface area contributed by atoms with Crippen LogP contribution in [0.2, 0.25) is 0 Å². The van der Waals surface area contributed by atoms with Crippen LogP contribution in [0.15, 0.2) is 41.2 Å². The van der Waals surface area contributed by atoms with Crippen LogP contribution < -0.4 is 10.3 Å². The van der Waals surface area contributed by atoms with E-state index in [1.807, 2.05) is 12.1 Å². The van der Waals surface area contributed by atoms with Crippen molar-refractivity contribution in [3.8, 4) is 5.88 Å². The molecular weight excluding hydrogens is 228 g/mol.